The van der Waals surface area contributed by atoms with Crippen LogP contribution in [0.15, 0.2) is 48.5 Å². The molecule has 1 heterocycles. The van der Waals surface area contributed by atoms with E-state index in [1.165, 1.54) is 5.56 Å². The molecule has 1 N–H and O–H groups in total. The molecule has 0 saturated carbocycles. The second-order valence-electron chi connectivity index (χ2n) is 6.33. The first-order valence-electron chi connectivity index (χ1n) is 8.52. The van der Waals surface area contributed by atoms with Crippen LogP contribution in [0.4, 0.5) is 11.4 Å². The summed E-state index contributed by atoms with van der Waals surface area (Å²) >= 11 is 0. The van der Waals surface area contributed by atoms with E-state index in [0.717, 1.165) is 36.5 Å². The molecule has 2 aromatic rings. The average Bonchev–Trinajstić information content (AvgIpc) is 2.59. The molecular weight excluding hydrogens is 300 g/mol. The number of carbonyl (C=O) groups is 1. The van der Waals surface area contributed by atoms with Crippen molar-refractivity contribution in [2.75, 3.05) is 23.3 Å². The van der Waals surface area contributed by atoms with Gasteiger partial charge in [-0.2, -0.15) is 0 Å². The molecule has 0 spiro atoms. The number of fused-ring (bicyclic) bond motifs is 1. The monoisotopic (exact) mass is 324 g/mol. The number of nitrogens with zero attached hydrogens (tertiary/aromatic N) is 1. The van der Waals surface area contributed by atoms with Crippen molar-refractivity contribution in [1.29, 1.82) is 0 Å². The molecule has 1 aliphatic heterocycles. The maximum Gasteiger partial charge on any atom is 0.246 e. The number of para-hydroxylation sites is 1. The predicted octanol–water partition coefficient (Wildman–Crippen LogP) is 3.87. The van der Waals surface area contributed by atoms with Crippen LogP contribution in [0.1, 0.15) is 25.8 Å². The maximum atomic E-state index is 12.6. The smallest absolute Gasteiger partial charge is 0.246 e. The number of amides is 1. The largest absolute Gasteiger partial charge is 0.491 e. The summed E-state index contributed by atoms with van der Waals surface area (Å²) in [6.45, 7) is 5.06. The van der Waals surface area contributed by atoms with Gasteiger partial charge in [0.2, 0.25) is 5.91 Å². The Morgan fingerprint density at radius 1 is 1.21 bits per heavy atom. The van der Waals surface area contributed by atoms with Crippen molar-refractivity contribution in [3.05, 3.63) is 54.1 Å². The number of ether oxygens (including phenoxy) is 1. The SMILES string of the molecule is CC(C)Oc1cccc(NCC(=O)N2CCCc3ccccc32)c1. The third-order valence-electron chi connectivity index (χ3n) is 4.06. The van der Waals surface area contributed by atoms with Crippen LogP contribution in [0, 0.1) is 0 Å². The lowest BCUT2D eigenvalue weighted by Gasteiger charge is -2.29. The van der Waals surface area contributed by atoms with Gasteiger partial charge in [0, 0.05) is 24.0 Å². The Hall–Kier alpha value is -2.49. The molecule has 1 amide bonds. The van der Waals surface area contributed by atoms with Gasteiger partial charge in [0.25, 0.3) is 0 Å². The molecule has 0 bridgehead atoms. The summed E-state index contributed by atoms with van der Waals surface area (Å²) in [7, 11) is 0. The van der Waals surface area contributed by atoms with Crippen LogP contribution in [-0.4, -0.2) is 25.1 Å². The third kappa shape index (κ3) is 3.88. The zero-order chi connectivity index (χ0) is 16.9. The molecule has 4 heteroatoms. The maximum absolute atomic E-state index is 12.6. The van der Waals surface area contributed by atoms with Crippen molar-refractivity contribution >= 4 is 17.3 Å². The fourth-order valence-corrected chi connectivity index (χ4v) is 3.02. The van der Waals surface area contributed by atoms with E-state index >= 15 is 0 Å². The van der Waals surface area contributed by atoms with Crippen LogP contribution >= 0.6 is 0 Å². The van der Waals surface area contributed by atoms with Crippen LogP contribution in [-0.2, 0) is 11.2 Å². The van der Waals surface area contributed by atoms with E-state index in [9.17, 15) is 4.79 Å². The summed E-state index contributed by atoms with van der Waals surface area (Å²) in [5, 5.41) is 3.21. The van der Waals surface area contributed by atoms with Crippen molar-refractivity contribution in [2.45, 2.75) is 32.8 Å². The van der Waals surface area contributed by atoms with E-state index in [2.05, 4.69) is 11.4 Å². The Morgan fingerprint density at radius 2 is 2.04 bits per heavy atom. The van der Waals surface area contributed by atoms with Gasteiger partial charge >= 0.3 is 0 Å². The predicted molar refractivity (Wildman–Crippen MR) is 97.8 cm³/mol. The van der Waals surface area contributed by atoms with Gasteiger partial charge in [0.1, 0.15) is 5.75 Å². The second kappa shape index (κ2) is 7.39. The van der Waals surface area contributed by atoms with Gasteiger partial charge in [0.05, 0.1) is 12.6 Å². The lowest BCUT2D eigenvalue weighted by Crippen LogP contribution is -2.39. The number of benzene rings is 2. The first-order valence-corrected chi connectivity index (χ1v) is 8.52. The molecule has 0 fully saturated rings. The zero-order valence-corrected chi connectivity index (χ0v) is 14.3. The third-order valence-corrected chi connectivity index (χ3v) is 4.06. The minimum absolute atomic E-state index is 0.0948. The Labute approximate surface area is 143 Å². The Kier molecular flexibility index (Phi) is 5.04. The van der Waals surface area contributed by atoms with Crippen molar-refractivity contribution in [1.82, 2.24) is 0 Å². The quantitative estimate of drug-likeness (QED) is 0.908. The molecule has 1 aliphatic rings. The summed E-state index contributed by atoms with van der Waals surface area (Å²) < 4.78 is 5.69. The van der Waals surface area contributed by atoms with E-state index in [-0.39, 0.29) is 18.6 Å². The summed E-state index contributed by atoms with van der Waals surface area (Å²) in [6, 6.07) is 15.9. The topological polar surface area (TPSA) is 41.6 Å². The molecule has 3 rings (SSSR count). The number of rotatable bonds is 5. The fourth-order valence-electron chi connectivity index (χ4n) is 3.02. The number of hydrogen-bond donors (Lipinski definition) is 1. The molecular formula is C20H24N2O2. The summed E-state index contributed by atoms with van der Waals surface area (Å²) in [5.74, 6) is 0.906. The van der Waals surface area contributed by atoms with E-state index in [1.807, 2.05) is 61.2 Å². The highest BCUT2D eigenvalue weighted by Gasteiger charge is 2.21. The minimum Gasteiger partial charge on any atom is -0.491 e. The molecule has 0 aromatic heterocycles. The second-order valence-corrected chi connectivity index (χ2v) is 6.33. The molecule has 126 valence electrons. The number of anilines is 2. The standard InChI is InChI=1S/C20H24N2O2/c1-15(2)24-18-10-5-9-17(13-18)21-14-20(23)22-12-6-8-16-7-3-4-11-19(16)22/h3-5,7,9-11,13,15,21H,6,8,12,14H2,1-2H3. The van der Waals surface area contributed by atoms with Crippen molar-refractivity contribution in [2.24, 2.45) is 0 Å². The molecule has 24 heavy (non-hydrogen) atoms. The summed E-state index contributed by atoms with van der Waals surface area (Å²) in [5.41, 5.74) is 3.20. The highest BCUT2D eigenvalue weighted by molar-refractivity contribution is 5.97. The van der Waals surface area contributed by atoms with Crippen molar-refractivity contribution in [3.8, 4) is 5.75 Å². The first-order chi connectivity index (χ1) is 11.6. The van der Waals surface area contributed by atoms with Crippen LogP contribution in [0.5, 0.6) is 5.75 Å². The normalized spacial score (nSPS) is 13.5. The van der Waals surface area contributed by atoms with Gasteiger partial charge in [-0.05, 0) is 50.5 Å². The number of carbonyl (C=O) groups excluding carboxylic acids is 1. The molecule has 0 aliphatic carbocycles. The van der Waals surface area contributed by atoms with Gasteiger partial charge < -0.3 is 15.0 Å². The summed E-state index contributed by atoms with van der Waals surface area (Å²) in [4.78, 5) is 14.5. The minimum atomic E-state index is 0.0948. The number of aryl methyl sites for hydroxylation is 1. The molecule has 4 nitrogen and oxygen atoms in total. The highest BCUT2D eigenvalue weighted by Crippen LogP contribution is 2.26. The van der Waals surface area contributed by atoms with Crippen molar-refractivity contribution in [3.63, 3.8) is 0 Å². The first kappa shape index (κ1) is 16.4. The number of hydrogen-bond acceptors (Lipinski definition) is 3. The van der Waals surface area contributed by atoms with E-state index in [1.54, 1.807) is 0 Å². The van der Waals surface area contributed by atoms with Crippen LogP contribution in [0.25, 0.3) is 0 Å². The average molecular weight is 324 g/mol. The van der Waals surface area contributed by atoms with Gasteiger partial charge in [-0.3, -0.25) is 4.79 Å². The van der Waals surface area contributed by atoms with Gasteiger partial charge in [-0.15, -0.1) is 0 Å². The van der Waals surface area contributed by atoms with Crippen LogP contribution in [0.2, 0.25) is 0 Å². The van der Waals surface area contributed by atoms with Gasteiger partial charge in [-0.1, -0.05) is 24.3 Å². The Bertz CT molecular complexity index is 712. The van der Waals surface area contributed by atoms with Gasteiger partial charge in [-0.25, -0.2) is 0 Å². The lowest BCUT2D eigenvalue weighted by atomic mass is 10.0. The van der Waals surface area contributed by atoms with E-state index in [4.69, 9.17) is 4.74 Å². The lowest BCUT2D eigenvalue weighted by molar-refractivity contribution is -0.117. The number of nitrogens with one attached hydrogen (secondary N) is 1. The zero-order valence-electron chi connectivity index (χ0n) is 14.3. The Balaban J connectivity index is 1.64. The molecule has 0 radical (unpaired) electrons. The molecule has 0 saturated heterocycles. The molecule has 0 unspecified atom stereocenters. The van der Waals surface area contributed by atoms with Crippen LogP contribution < -0.4 is 15.0 Å². The summed E-state index contributed by atoms with van der Waals surface area (Å²) in [6.07, 6.45) is 2.19. The van der Waals surface area contributed by atoms with Crippen molar-refractivity contribution < 1.29 is 9.53 Å². The van der Waals surface area contributed by atoms with E-state index in [0.29, 0.717) is 0 Å². The highest BCUT2D eigenvalue weighted by atomic mass is 16.5. The van der Waals surface area contributed by atoms with Gasteiger partial charge in [0.15, 0.2) is 0 Å². The fraction of sp³-hybridized carbons (Fsp3) is 0.350. The van der Waals surface area contributed by atoms with E-state index < -0.39 is 0 Å². The molecule has 2 aromatic carbocycles. The van der Waals surface area contributed by atoms with Crippen LogP contribution in [0.3, 0.4) is 0 Å². The molecule has 0 atom stereocenters. The Morgan fingerprint density at radius 3 is 2.88 bits per heavy atom.